The number of pyridine rings is 2. The second kappa shape index (κ2) is 23.4. The van der Waals surface area contributed by atoms with E-state index in [4.69, 9.17) is 43.3 Å². The maximum atomic E-state index is 12.8. The number of aromatic nitrogens is 6. The maximum Gasteiger partial charge on any atom is 1.00 e. The molecule has 0 radical (unpaired) electrons. The summed E-state index contributed by atoms with van der Waals surface area (Å²) in [5.41, 5.74) is -2.87. The van der Waals surface area contributed by atoms with Crippen molar-refractivity contribution in [3.05, 3.63) is 111 Å². The van der Waals surface area contributed by atoms with Crippen LogP contribution in [0, 0.1) is 17.8 Å². The summed E-state index contributed by atoms with van der Waals surface area (Å²) in [7, 11) is -4.13. The van der Waals surface area contributed by atoms with Gasteiger partial charge < -0.3 is 25.2 Å². The number of rotatable bonds is 13. The Morgan fingerprint density at radius 2 is 1.13 bits per heavy atom. The minimum absolute atomic E-state index is 0. The normalized spacial score (nSPS) is 14.7. The number of carbonyl (C=O) groups is 2. The van der Waals surface area contributed by atoms with Crippen LogP contribution in [0.25, 0.3) is 11.6 Å². The van der Waals surface area contributed by atoms with Gasteiger partial charge in [0.1, 0.15) is 10.3 Å². The first-order valence-electron chi connectivity index (χ1n) is 19.4. The summed E-state index contributed by atoms with van der Waals surface area (Å²) in [5.74, 6) is -1.65. The van der Waals surface area contributed by atoms with Gasteiger partial charge in [-0.15, -0.1) is 5.60 Å². The van der Waals surface area contributed by atoms with E-state index in [0.717, 1.165) is 5.56 Å². The number of carboxylic acid groups (broad SMARTS) is 2. The minimum atomic E-state index is -4.42. The molecular weight excluding hydrogens is 993 g/mol. The van der Waals surface area contributed by atoms with Crippen LogP contribution in [0.15, 0.2) is 78.0 Å². The van der Waals surface area contributed by atoms with Crippen LogP contribution in [0.3, 0.4) is 0 Å². The Bertz CT molecular complexity index is 2580. The van der Waals surface area contributed by atoms with Crippen LogP contribution in [0.4, 0.5) is 26.3 Å². The number of aromatic carboxylic acids is 2. The number of nitrogens with zero attached hydrogens (tertiary/aromatic N) is 6. The van der Waals surface area contributed by atoms with E-state index in [1.54, 1.807) is 58.2 Å². The molecule has 2 aliphatic rings. The number of aliphatic hydroxyl groups excluding tert-OH is 1. The van der Waals surface area contributed by atoms with Crippen molar-refractivity contribution >= 4 is 45.3 Å². The van der Waals surface area contributed by atoms with Crippen molar-refractivity contribution in [3.8, 4) is 11.6 Å². The molecule has 67 heavy (non-hydrogen) atoms. The molecule has 2 saturated carbocycles. The van der Waals surface area contributed by atoms with Crippen LogP contribution in [-0.4, -0.2) is 96.4 Å². The Morgan fingerprint density at radius 1 is 0.731 bits per heavy atom. The van der Waals surface area contributed by atoms with Gasteiger partial charge in [0.25, 0.3) is 10.1 Å². The van der Waals surface area contributed by atoms with Gasteiger partial charge in [0, 0.05) is 12.4 Å². The zero-order valence-electron chi connectivity index (χ0n) is 36.4. The summed E-state index contributed by atoms with van der Waals surface area (Å²) in [4.78, 5) is 29.4. The van der Waals surface area contributed by atoms with Crippen molar-refractivity contribution in [3.63, 3.8) is 0 Å². The molecule has 4 aromatic heterocycles. The zero-order valence-corrected chi connectivity index (χ0v) is 41.9. The van der Waals surface area contributed by atoms with Crippen LogP contribution in [0.1, 0.15) is 84.1 Å². The summed E-state index contributed by atoms with van der Waals surface area (Å²) in [6, 6.07) is 14.5. The summed E-state index contributed by atoms with van der Waals surface area (Å²) in [5, 5.41) is 44.5. The second-order valence-electron chi connectivity index (χ2n) is 16.0. The van der Waals surface area contributed by atoms with Gasteiger partial charge in [-0.2, -0.15) is 45.0 Å². The first-order valence-corrected chi connectivity index (χ1v) is 21.5. The largest absolute Gasteiger partial charge is 1.00 e. The molecular formula is C41H43Cl2F6KN6O10S. The third-order valence-electron chi connectivity index (χ3n) is 9.39. The molecule has 1 aromatic carbocycles. The van der Waals surface area contributed by atoms with Crippen molar-refractivity contribution in [2.24, 2.45) is 10.8 Å². The number of halogens is 8. The van der Waals surface area contributed by atoms with Crippen molar-refractivity contribution < 1.29 is 125 Å². The van der Waals surface area contributed by atoms with Crippen molar-refractivity contribution in [1.82, 2.24) is 29.5 Å². The molecule has 0 amide bonds. The summed E-state index contributed by atoms with van der Waals surface area (Å²) in [6.07, 6.45) is -5.53. The number of hydrogen-bond donors (Lipinski definition) is 3. The Balaban J connectivity index is 0.000000256. The minimum Gasteiger partial charge on any atom is -0.850 e. The van der Waals surface area contributed by atoms with Crippen LogP contribution in [-0.2, 0) is 32.3 Å². The van der Waals surface area contributed by atoms with Crippen molar-refractivity contribution in [2.75, 3.05) is 13.2 Å². The topological polar surface area (TPSA) is 232 Å². The predicted octanol–water partition coefficient (Wildman–Crippen LogP) is 4.78. The van der Waals surface area contributed by atoms with Gasteiger partial charge in [-0.3, -0.25) is 4.18 Å². The average Bonchev–Trinajstić information content (AvgIpc) is 4.09. The molecule has 0 unspecified atom stereocenters. The fourth-order valence-corrected chi connectivity index (χ4v) is 6.65. The van der Waals surface area contributed by atoms with E-state index in [9.17, 15) is 49.5 Å². The number of carboxylic acids is 2. The second-order valence-corrected chi connectivity index (χ2v) is 18.3. The quantitative estimate of drug-likeness (QED) is 0.0624. The molecule has 0 atom stereocenters. The fraction of sp³-hybridized carbons (Fsp3) is 0.415. The van der Waals surface area contributed by atoms with Crippen LogP contribution < -0.4 is 56.5 Å². The van der Waals surface area contributed by atoms with E-state index in [1.165, 1.54) is 52.0 Å². The van der Waals surface area contributed by atoms with Crippen molar-refractivity contribution in [2.45, 2.75) is 89.4 Å². The summed E-state index contributed by atoms with van der Waals surface area (Å²) < 4.78 is 112. The molecule has 0 bridgehead atoms. The van der Waals surface area contributed by atoms with E-state index in [-0.39, 0.29) is 129 Å². The molecule has 360 valence electrons. The van der Waals surface area contributed by atoms with Crippen LogP contribution >= 0.6 is 23.2 Å². The predicted molar refractivity (Wildman–Crippen MR) is 222 cm³/mol. The molecule has 4 heterocycles. The number of hydrogen-bond acceptors (Lipinski definition) is 12. The number of alkyl halides is 6. The molecule has 3 N–H and O–H groups in total. The first-order chi connectivity index (χ1) is 30.5. The zero-order chi connectivity index (χ0) is 49.5. The van der Waals surface area contributed by atoms with Gasteiger partial charge in [0.15, 0.2) is 11.6 Å². The average molecular weight is 1040 g/mol. The van der Waals surface area contributed by atoms with Gasteiger partial charge in [-0.05, 0) is 81.1 Å². The van der Waals surface area contributed by atoms with Gasteiger partial charge in [-0.1, -0.05) is 61.7 Å². The molecule has 0 saturated heterocycles. The molecule has 16 nitrogen and oxygen atoms in total. The van der Waals surface area contributed by atoms with Gasteiger partial charge in [0.2, 0.25) is 0 Å². The van der Waals surface area contributed by atoms with Gasteiger partial charge in [-0.25, -0.2) is 28.9 Å². The number of aliphatic hydroxyl groups is 1. The third kappa shape index (κ3) is 16.8. The number of ether oxygens (including phenoxy) is 1. The van der Waals surface area contributed by atoms with Crippen LogP contribution in [0.5, 0.6) is 0 Å². The van der Waals surface area contributed by atoms with Crippen molar-refractivity contribution in [1.29, 1.82) is 0 Å². The molecule has 0 spiro atoms. The first kappa shape index (κ1) is 57.8. The molecule has 26 heteroatoms. The van der Waals surface area contributed by atoms with Gasteiger partial charge >= 0.3 is 75.7 Å². The standard InChI is InChI=1S/C15H13ClF3N3O3.C12H13F3O3S.C10H8ClN3O3.C4H9O.K/c16-12-10(13(23)24)1-2-11(20-12)22-6-3-9(21-22)7-25-8-14(4-5-14)15(17,18)19;1-9-2-4-10(5-3-9)19(16,17)18-8-11(6-7-11)12(13,14)15;11-9-7(10(16)17)1-2-8(12-9)14-4-3-6(5-15)13-14;1-4(2,3)5;/h1-3,6H,4-5,7-8H2,(H,23,24);2-5H,6-8H2,1H3;1-4,15H,5H2,(H,16,17);1-3H3;/q;;;-1;+1. The number of aryl methyl sites for hydroxylation is 1. The molecule has 0 aliphatic heterocycles. The Kier molecular flexibility index (Phi) is 20.2. The van der Waals surface area contributed by atoms with E-state index in [2.05, 4.69) is 24.3 Å². The van der Waals surface area contributed by atoms with E-state index >= 15 is 0 Å². The molecule has 7 rings (SSSR count). The Labute approximate surface area is 432 Å². The van der Waals surface area contributed by atoms with Gasteiger partial charge in [0.05, 0.1) is 64.7 Å². The third-order valence-corrected chi connectivity index (χ3v) is 11.2. The molecule has 2 fully saturated rings. The smallest absolute Gasteiger partial charge is 0.850 e. The number of benzene rings is 1. The SMILES string of the molecule is CC(C)(C)[O-].Cc1ccc(S(=O)(=O)OCC2(C(F)(F)F)CC2)cc1.O=C(O)c1ccc(-n2ccc(CO)n2)nc1Cl.O=C(O)c1ccc(-n2ccc(COCC3(C(F)(F)F)CC3)n2)nc1Cl.[K+]. The molecule has 5 aromatic rings. The van der Waals surface area contributed by atoms with Crippen LogP contribution in [0.2, 0.25) is 10.3 Å². The van der Waals surface area contributed by atoms with E-state index < -0.39 is 57.4 Å². The molecule has 2 aliphatic carbocycles. The summed E-state index contributed by atoms with van der Waals surface area (Å²) in [6.45, 7) is 5.21. The Hall–Kier alpha value is -3.53. The monoisotopic (exact) mass is 1030 g/mol. The van der Waals surface area contributed by atoms with E-state index in [0.29, 0.717) is 17.2 Å². The van der Waals surface area contributed by atoms with E-state index in [1.807, 2.05) is 0 Å². The maximum absolute atomic E-state index is 12.8. The fourth-order valence-electron chi connectivity index (χ4n) is 5.20. The Morgan fingerprint density at radius 3 is 1.49 bits per heavy atom. The summed E-state index contributed by atoms with van der Waals surface area (Å²) >= 11 is 11.5.